The fourth-order valence-corrected chi connectivity index (χ4v) is 2.93. The van der Waals surface area contributed by atoms with Crippen molar-refractivity contribution in [3.63, 3.8) is 0 Å². The maximum Gasteiger partial charge on any atom is 0.223 e. The third-order valence-corrected chi connectivity index (χ3v) is 4.74. The zero-order valence-corrected chi connectivity index (χ0v) is 15.1. The molecule has 0 aromatic heterocycles. The molecular formula is C19H21Cl2NO2. The molecule has 1 unspecified atom stereocenters. The number of halogens is 2. The zero-order valence-electron chi connectivity index (χ0n) is 13.6. The topological polar surface area (TPSA) is 40.5 Å². The molecule has 1 atom stereocenters. The van der Waals surface area contributed by atoms with Gasteiger partial charge in [0.05, 0.1) is 10.0 Å². The standard InChI is InChI=1S/C19H21Cl2NO2/c1-22(13-14-5-3-2-4-6-14)19(24)12-16(9-10-23)15-7-8-17(20)18(21)11-15/h2-8,11,16,23H,9-10,12-13H2,1H3. The van der Waals surface area contributed by atoms with Gasteiger partial charge in [0.1, 0.15) is 0 Å². The third kappa shape index (κ3) is 5.23. The highest BCUT2D eigenvalue weighted by atomic mass is 35.5. The molecule has 1 N–H and O–H groups in total. The van der Waals surface area contributed by atoms with Crippen molar-refractivity contribution in [2.45, 2.75) is 25.3 Å². The molecule has 3 nitrogen and oxygen atoms in total. The van der Waals surface area contributed by atoms with E-state index in [1.54, 1.807) is 24.1 Å². The maximum atomic E-state index is 12.5. The van der Waals surface area contributed by atoms with Gasteiger partial charge in [-0.2, -0.15) is 0 Å². The van der Waals surface area contributed by atoms with Crippen LogP contribution in [0.2, 0.25) is 10.0 Å². The van der Waals surface area contributed by atoms with Gasteiger partial charge >= 0.3 is 0 Å². The molecule has 2 aromatic rings. The number of amides is 1. The quantitative estimate of drug-likeness (QED) is 0.783. The minimum Gasteiger partial charge on any atom is -0.396 e. The Morgan fingerprint density at radius 3 is 2.46 bits per heavy atom. The number of carbonyl (C=O) groups excluding carboxylic acids is 1. The molecule has 0 radical (unpaired) electrons. The van der Waals surface area contributed by atoms with Gasteiger partial charge < -0.3 is 10.0 Å². The number of aliphatic hydroxyl groups excluding tert-OH is 1. The molecule has 0 aliphatic rings. The van der Waals surface area contributed by atoms with E-state index in [0.717, 1.165) is 11.1 Å². The second-order valence-electron chi connectivity index (χ2n) is 5.82. The predicted molar refractivity (Wildman–Crippen MR) is 98.4 cm³/mol. The van der Waals surface area contributed by atoms with Crippen molar-refractivity contribution < 1.29 is 9.90 Å². The SMILES string of the molecule is CN(Cc1ccccc1)C(=O)CC(CCO)c1ccc(Cl)c(Cl)c1. The summed E-state index contributed by atoms with van der Waals surface area (Å²) in [5, 5.41) is 10.3. The molecule has 5 heteroatoms. The number of benzene rings is 2. The number of hydrogen-bond donors (Lipinski definition) is 1. The molecule has 0 bridgehead atoms. The summed E-state index contributed by atoms with van der Waals surface area (Å²) < 4.78 is 0. The molecule has 0 saturated heterocycles. The molecule has 0 aliphatic carbocycles. The number of aliphatic hydroxyl groups is 1. The van der Waals surface area contributed by atoms with Crippen molar-refractivity contribution >= 4 is 29.1 Å². The minimum absolute atomic E-state index is 0.0145. The van der Waals surface area contributed by atoms with Gasteiger partial charge in [-0.1, -0.05) is 59.6 Å². The summed E-state index contributed by atoms with van der Waals surface area (Å²) in [6.07, 6.45) is 0.824. The van der Waals surface area contributed by atoms with Crippen LogP contribution in [-0.4, -0.2) is 29.6 Å². The first-order chi connectivity index (χ1) is 11.5. The summed E-state index contributed by atoms with van der Waals surface area (Å²) in [7, 11) is 1.79. The van der Waals surface area contributed by atoms with Gasteiger partial charge in [0.15, 0.2) is 0 Å². The van der Waals surface area contributed by atoms with Crippen LogP contribution in [0.1, 0.15) is 29.9 Å². The van der Waals surface area contributed by atoms with Crippen molar-refractivity contribution in [3.8, 4) is 0 Å². The van der Waals surface area contributed by atoms with Crippen LogP contribution in [0.4, 0.5) is 0 Å². The first-order valence-corrected chi connectivity index (χ1v) is 8.60. The maximum absolute atomic E-state index is 12.5. The highest BCUT2D eigenvalue weighted by Crippen LogP contribution is 2.30. The summed E-state index contributed by atoms with van der Waals surface area (Å²) in [6.45, 7) is 0.577. The summed E-state index contributed by atoms with van der Waals surface area (Å²) >= 11 is 12.0. The molecule has 2 aromatic carbocycles. The monoisotopic (exact) mass is 365 g/mol. The van der Waals surface area contributed by atoms with Crippen LogP contribution in [0.3, 0.4) is 0 Å². The van der Waals surface area contributed by atoms with Gasteiger partial charge in [0, 0.05) is 26.6 Å². The molecule has 0 aliphatic heterocycles. The molecule has 24 heavy (non-hydrogen) atoms. The summed E-state index contributed by atoms with van der Waals surface area (Å²) in [4.78, 5) is 14.2. The Balaban J connectivity index is 2.06. The Kier molecular flexibility index (Phi) is 7.10. The van der Waals surface area contributed by atoms with Crippen LogP contribution < -0.4 is 0 Å². The molecule has 2 rings (SSSR count). The lowest BCUT2D eigenvalue weighted by atomic mass is 9.92. The number of hydrogen-bond acceptors (Lipinski definition) is 2. The van der Waals surface area contributed by atoms with Gasteiger partial charge in [0.25, 0.3) is 0 Å². The van der Waals surface area contributed by atoms with Crippen LogP contribution in [0.25, 0.3) is 0 Å². The summed E-state index contributed by atoms with van der Waals surface area (Å²) in [5.41, 5.74) is 2.00. The molecule has 1 amide bonds. The van der Waals surface area contributed by atoms with Crippen molar-refractivity contribution in [2.75, 3.05) is 13.7 Å². The smallest absolute Gasteiger partial charge is 0.223 e. The van der Waals surface area contributed by atoms with E-state index in [4.69, 9.17) is 23.2 Å². The lowest BCUT2D eigenvalue weighted by molar-refractivity contribution is -0.130. The highest BCUT2D eigenvalue weighted by Gasteiger charge is 2.19. The van der Waals surface area contributed by atoms with E-state index in [-0.39, 0.29) is 18.4 Å². The summed E-state index contributed by atoms with van der Waals surface area (Å²) in [5.74, 6) is -0.0566. The van der Waals surface area contributed by atoms with E-state index < -0.39 is 0 Å². The van der Waals surface area contributed by atoms with E-state index >= 15 is 0 Å². The van der Waals surface area contributed by atoms with E-state index in [1.807, 2.05) is 36.4 Å². The molecule has 0 spiro atoms. The highest BCUT2D eigenvalue weighted by molar-refractivity contribution is 6.42. The number of rotatable bonds is 7. The Bertz CT molecular complexity index is 676. The van der Waals surface area contributed by atoms with Gasteiger partial charge in [-0.3, -0.25) is 4.79 Å². The summed E-state index contributed by atoms with van der Waals surface area (Å²) in [6, 6.07) is 15.2. The Labute approximate surface area is 152 Å². The van der Waals surface area contributed by atoms with Crippen molar-refractivity contribution in [2.24, 2.45) is 0 Å². The lowest BCUT2D eigenvalue weighted by Crippen LogP contribution is -2.27. The largest absolute Gasteiger partial charge is 0.396 e. The number of nitrogens with zero attached hydrogens (tertiary/aromatic N) is 1. The molecular weight excluding hydrogens is 345 g/mol. The predicted octanol–water partition coefficient (Wildman–Crippen LogP) is 4.51. The zero-order chi connectivity index (χ0) is 17.5. The molecule has 128 valence electrons. The van der Waals surface area contributed by atoms with Gasteiger partial charge in [-0.15, -0.1) is 0 Å². The average Bonchev–Trinajstić information content (AvgIpc) is 2.57. The average molecular weight is 366 g/mol. The molecule has 0 fully saturated rings. The normalized spacial score (nSPS) is 12.0. The molecule has 0 heterocycles. The Morgan fingerprint density at radius 1 is 1.12 bits per heavy atom. The van der Waals surface area contributed by atoms with Gasteiger partial charge in [-0.25, -0.2) is 0 Å². The Hall–Kier alpha value is -1.55. The van der Waals surface area contributed by atoms with E-state index in [9.17, 15) is 9.90 Å². The van der Waals surface area contributed by atoms with Crippen molar-refractivity contribution in [3.05, 3.63) is 69.7 Å². The van der Waals surface area contributed by atoms with Crippen LogP contribution in [0.15, 0.2) is 48.5 Å². The van der Waals surface area contributed by atoms with E-state index in [1.165, 1.54) is 0 Å². The van der Waals surface area contributed by atoms with E-state index in [2.05, 4.69) is 0 Å². The van der Waals surface area contributed by atoms with Crippen LogP contribution in [0.5, 0.6) is 0 Å². The first-order valence-electron chi connectivity index (χ1n) is 7.85. The van der Waals surface area contributed by atoms with Crippen molar-refractivity contribution in [1.29, 1.82) is 0 Å². The van der Waals surface area contributed by atoms with Crippen LogP contribution >= 0.6 is 23.2 Å². The van der Waals surface area contributed by atoms with E-state index in [0.29, 0.717) is 29.4 Å². The van der Waals surface area contributed by atoms with Crippen LogP contribution in [0, 0.1) is 0 Å². The van der Waals surface area contributed by atoms with Crippen molar-refractivity contribution in [1.82, 2.24) is 4.90 Å². The fraction of sp³-hybridized carbons (Fsp3) is 0.316. The molecule has 0 saturated carbocycles. The second kappa shape index (κ2) is 9.07. The second-order valence-corrected chi connectivity index (χ2v) is 6.64. The lowest BCUT2D eigenvalue weighted by Gasteiger charge is -2.22. The van der Waals surface area contributed by atoms with Gasteiger partial charge in [0.2, 0.25) is 5.91 Å². The third-order valence-electron chi connectivity index (χ3n) is 4.00. The fourth-order valence-electron chi connectivity index (χ4n) is 2.62. The van der Waals surface area contributed by atoms with Crippen LogP contribution in [-0.2, 0) is 11.3 Å². The minimum atomic E-state index is -0.0875. The number of carbonyl (C=O) groups is 1. The van der Waals surface area contributed by atoms with Gasteiger partial charge in [-0.05, 0) is 35.6 Å². The Morgan fingerprint density at radius 2 is 1.83 bits per heavy atom. The first kappa shape index (κ1) is 18.8.